The normalized spacial score (nSPS) is 29.4. The highest BCUT2D eigenvalue weighted by Gasteiger charge is 2.27. The van der Waals surface area contributed by atoms with Gasteiger partial charge in [0.25, 0.3) is 0 Å². The monoisotopic (exact) mass is 186 g/mol. The zero-order valence-corrected chi connectivity index (χ0v) is 7.97. The summed E-state index contributed by atoms with van der Waals surface area (Å²) in [7, 11) is 0. The van der Waals surface area contributed by atoms with Crippen molar-refractivity contribution in [3.8, 4) is 0 Å². The molecule has 1 heterocycles. The second-order valence-corrected chi connectivity index (χ2v) is 4.66. The van der Waals surface area contributed by atoms with E-state index in [1.54, 1.807) is 0 Å². The first-order valence-corrected chi connectivity index (χ1v) is 4.88. The summed E-state index contributed by atoms with van der Waals surface area (Å²) in [6.45, 7) is 2.15. The van der Waals surface area contributed by atoms with Gasteiger partial charge in [0.1, 0.15) is 0 Å². The van der Waals surface area contributed by atoms with Crippen molar-refractivity contribution in [1.82, 2.24) is 0 Å². The van der Waals surface area contributed by atoms with Gasteiger partial charge >= 0.3 is 0 Å². The van der Waals surface area contributed by atoms with Gasteiger partial charge in [0.05, 0.1) is 4.75 Å². The van der Waals surface area contributed by atoms with Crippen LogP contribution >= 0.6 is 11.8 Å². The Bertz CT molecular complexity index is 201. The van der Waals surface area contributed by atoms with Crippen LogP contribution in [0.15, 0.2) is 10.2 Å². The smallest absolute Gasteiger partial charge is 0.211 e. The Hall–Kier alpha value is -0.710. The molecular formula is C7H14N4S. The van der Waals surface area contributed by atoms with Gasteiger partial charge in [-0.2, -0.15) is 5.10 Å². The molecule has 0 aliphatic carbocycles. The number of guanidine groups is 1. The van der Waals surface area contributed by atoms with Crippen LogP contribution in [0.25, 0.3) is 0 Å². The molecule has 0 aromatic carbocycles. The molecular weight excluding hydrogens is 172 g/mol. The van der Waals surface area contributed by atoms with E-state index in [4.69, 9.17) is 11.5 Å². The molecule has 0 bridgehead atoms. The van der Waals surface area contributed by atoms with Crippen molar-refractivity contribution in [2.45, 2.75) is 24.5 Å². The zero-order valence-electron chi connectivity index (χ0n) is 7.16. The Labute approximate surface area is 76.5 Å². The lowest BCUT2D eigenvalue weighted by molar-refractivity contribution is 0.764. The maximum atomic E-state index is 5.13. The van der Waals surface area contributed by atoms with E-state index in [9.17, 15) is 0 Å². The molecule has 1 unspecified atom stereocenters. The number of nitrogens with zero attached hydrogens (tertiary/aromatic N) is 2. The third-order valence-corrected chi connectivity index (χ3v) is 3.22. The molecule has 1 aliphatic heterocycles. The summed E-state index contributed by atoms with van der Waals surface area (Å²) in [5.74, 6) is 1.21. The highest BCUT2D eigenvalue weighted by atomic mass is 32.2. The second-order valence-electron chi connectivity index (χ2n) is 3.03. The minimum absolute atomic E-state index is 0.0119. The lowest BCUT2D eigenvalue weighted by Crippen LogP contribution is -2.22. The number of thioether (sulfide) groups is 1. The van der Waals surface area contributed by atoms with Crippen LogP contribution in [0.5, 0.6) is 0 Å². The fourth-order valence-electron chi connectivity index (χ4n) is 1.12. The molecule has 0 aromatic rings. The number of nitrogens with two attached hydrogens (primary N) is 2. The molecule has 1 aliphatic rings. The molecule has 5 heteroatoms. The Morgan fingerprint density at radius 1 is 1.58 bits per heavy atom. The summed E-state index contributed by atoms with van der Waals surface area (Å²) in [5.41, 5.74) is 10.3. The first-order valence-electron chi connectivity index (χ1n) is 3.89. The summed E-state index contributed by atoms with van der Waals surface area (Å²) in [4.78, 5) is 0. The molecule has 68 valence electrons. The SMILES string of the molecule is CC1(/C=N/N=C(N)N)CCCS1. The minimum Gasteiger partial charge on any atom is -0.369 e. The van der Waals surface area contributed by atoms with E-state index in [0.29, 0.717) is 0 Å². The van der Waals surface area contributed by atoms with E-state index in [1.807, 2.05) is 18.0 Å². The van der Waals surface area contributed by atoms with Crippen molar-refractivity contribution >= 4 is 23.9 Å². The van der Waals surface area contributed by atoms with Crippen molar-refractivity contribution in [3.63, 3.8) is 0 Å². The van der Waals surface area contributed by atoms with Crippen LogP contribution in [-0.4, -0.2) is 22.7 Å². The molecule has 1 rings (SSSR count). The van der Waals surface area contributed by atoms with E-state index in [0.717, 1.165) is 6.42 Å². The summed E-state index contributed by atoms with van der Waals surface area (Å²) in [5, 5.41) is 7.38. The summed E-state index contributed by atoms with van der Waals surface area (Å²) in [6.07, 6.45) is 4.22. The Kier molecular flexibility index (Phi) is 2.97. The molecule has 1 fully saturated rings. The van der Waals surface area contributed by atoms with Crippen LogP contribution in [-0.2, 0) is 0 Å². The minimum atomic E-state index is 0.0119. The molecule has 4 nitrogen and oxygen atoms in total. The van der Waals surface area contributed by atoms with Gasteiger partial charge in [0, 0.05) is 6.21 Å². The van der Waals surface area contributed by atoms with Crippen molar-refractivity contribution in [1.29, 1.82) is 0 Å². The number of hydrogen-bond acceptors (Lipinski definition) is 3. The van der Waals surface area contributed by atoms with Crippen LogP contribution in [0.2, 0.25) is 0 Å². The molecule has 1 atom stereocenters. The molecule has 0 spiro atoms. The van der Waals surface area contributed by atoms with E-state index in [1.165, 1.54) is 12.2 Å². The maximum absolute atomic E-state index is 5.13. The van der Waals surface area contributed by atoms with Crippen molar-refractivity contribution < 1.29 is 0 Å². The van der Waals surface area contributed by atoms with Crippen molar-refractivity contribution in [2.24, 2.45) is 21.7 Å². The fraction of sp³-hybridized carbons (Fsp3) is 0.714. The van der Waals surface area contributed by atoms with Crippen LogP contribution in [0.1, 0.15) is 19.8 Å². The third kappa shape index (κ3) is 2.73. The van der Waals surface area contributed by atoms with E-state index in [2.05, 4.69) is 17.1 Å². The first kappa shape index (κ1) is 9.38. The molecule has 1 saturated heterocycles. The van der Waals surface area contributed by atoms with Gasteiger partial charge in [-0.05, 0) is 25.5 Å². The lowest BCUT2D eigenvalue weighted by Gasteiger charge is -2.14. The van der Waals surface area contributed by atoms with E-state index in [-0.39, 0.29) is 10.7 Å². The van der Waals surface area contributed by atoms with Crippen LogP contribution in [0, 0.1) is 0 Å². The Morgan fingerprint density at radius 2 is 2.33 bits per heavy atom. The quantitative estimate of drug-likeness (QED) is 0.375. The van der Waals surface area contributed by atoms with Gasteiger partial charge < -0.3 is 11.5 Å². The van der Waals surface area contributed by atoms with Crippen molar-refractivity contribution in [3.05, 3.63) is 0 Å². The van der Waals surface area contributed by atoms with E-state index >= 15 is 0 Å². The first-order chi connectivity index (χ1) is 5.62. The molecule has 12 heavy (non-hydrogen) atoms. The lowest BCUT2D eigenvalue weighted by atomic mass is 10.1. The largest absolute Gasteiger partial charge is 0.369 e. The molecule has 0 aromatic heterocycles. The summed E-state index contributed by atoms with van der Waals surface area (Å²) < 4.78 is 0.138. The summed E-state index contributed by atoms with van der Waals surface area (Å²) >= 11 is 1.90. The molecule has 0 saturated carbocycles. The average Bonchev–Trinajstić information content (AvgIpc) is 2.35. The van der Waals surface area contributed by atoms with Gasteiger partial charge in [-0.25, -0.2) is 0 Å². The Balaban J connectivity index is 2.48. The zero-order chi connectivity index (χ0) is 9.03. The number of hydrogen-bond donors (Lipinski definition) is 2. The van der Waals surface area contributed by atoms with Crippen LogP contribution in [0.4, 0.5) is 0 Å². The molecule has 0 amide bonds. The predicted octanol–water partition coefficient (Wildman–Crippen LogP) is 0.531. The van der Waals surface area contributed by atoms with E-state index < -0.39 is 0 Å². The van der Waals surface area contributed by atoms with Gasteiger partial charge in [-0.3, -0.25) is 0 Å². The van der Waals surface area contributed by atoms with Gasteiger partial charge in [0.2, 0.25) is 5.96 Å². The predicted molar refractivity (Wildman–Crippen MR) is 54.4 cm³/mol. The molecule has 4 N–H and O–H groups in total. The van der Waals surface area contributed by atoms with Gasteiger partial charge in [0.15, 0.2) is 0 Å². The number of rotatable bonds is 2. The fourth-order valence-corrected chi connectivity index (χ4v) is 2.29. The molecule has 0 radical (unpaired) electrons. The van der Waals surface area contributed by atoms with Crippen LogP contribution in [0.3, 0.4) is 0 Å². The summed E-state index contributed by atoms with van der Waals surface area (Å²) in [6, 6.07) is 0. The van der Waals surface area contributed by atoms with Crippen molar-refractivity contribution in [2.75, 3.05) is 5.75 Å². The van der Waals surface area contributed by atoms with Gasteiger partial charge in [-0.1, -0.05) is 0 Å². The standard InChI is InChI=1S/C7H14N4S/c1-7(3-2-4-12-7)5-10-11-6(8)9/h5H,2-4H2,1H3,(H4,8,9,11)/b10-5+. The Morgan fingerprint density at radius 3 is 2.83 bits per heavy atom. The third-order valence-electron chi connectivity index (χ3n) is 1.75. The van der Waals surface area contributed by atoms with Gasteiger partial charge in [-0.15, -0.1) is 16.9 Å². The maximum Gasteiger partial charge on any atom is 0.211 e. The topological polar surface area (TPSA) is 76.8 Å². The average molecular weight is 186 g/mol. The second kappa shape index (κ2) is 3.80. The highest BCUT2D eigenvalue weighted by Crippen LogP contribution is 2.35. The van der Waals surface area contributed by atoms with Crippen LogP contribution < -0.4 is 11.5 Å². The highest BCUT2D eigenvalue weighted by molar-refractivity contribution is 8.01.